The summed E-state index contributed by atoms with van der Waals surface area (Å²) >= 11 is 8.71. The van der Waals surface area contributed by atoms with Gasteiger partial charge in [-0.2, -0.15) is 0 Å². The van der Waals surface area contributed by atoms with Gasteiger partial charge in [-0.3, -0.25) is 4.79 Å². The zero-order valence-corrected chi connectivity index (χ0v) is 11.9. The van der Waals surface area contributed by atoms with E-state index in [4.69, 9.17) is 26.2 Å². The van der Waals surface area contributed by atoms with Gasteiger partial charge in [-0.15, -0.1) is 22.7 Å². The van der Waals surface area contributed by atoms with Gasteiger partial charge in [-0.05, 0) is 0 Å². The van der Waals surface area contributed by atoms with Crippen LogP contribution in [0.25, 0.3) is 10.6 Å². The molecule has 3 rings (SSSR count). The van der Waals surface area contributed by atoms with Crippen LogP contribution < -0.4 is 9.47 Å². The number of fused-ring (bicyclic) bond motifs is 1. The van der Waals surface area contributed by atoms with Gasteiger partial charge in [-0.1, -0.05) is 11.6 Å². The summed E-state index contributed by atoms with van der Waals surface area (Å²) in [7, 11) is 0. The average molecular weight is 318 g/mol. The quantitative estimate of drug-likeness (QED) is 0.942. The Hall–Kier alpha value is -1.31. The molecule has 100 valence electrons. The van der Waals surface area contributed by atoms with Gasteiger partial charge in [0, 0.05) is 4.88 Å². The van der Waals surface area contributed by atoms with Crippen LogP contribution in [0.4, 0.5) is 0 Å². The first-order valence-electron chi connectivity index (χ1n) is 5.39. The molecule has 0 saturated heterocycles. The molecule has 0 aromatic carbocycles. The van der Waals surface area contributed by atoms with Gasteiger partial charge in [0.25, 0.3) is 0 Å². The lowest BCUT2D eigenvalue weighted by atomic mass is 10.2. The molecule has 0 fully saturated rings. The van der Waals surface area contributed by atoms with E-state index in [0.717, 1.165) is 4.88 Å². The molecule has 1 N–H and O–H groups in total. The van der Waals surface area contributed by atoms with Crippen LogP contribution in [0.2, 0.25) is 4.34 Å². The van der Waals surface area contributed by atoms with Crippen molar-refractivity contribution in [3.8, 4) is 22.1 Å². The third-order valence-corrected chi connectivity index (χ3v) is 4.71. The van der Waals surface area contributed by atoms with Crippen LogP contribution in [-0.2, 0) is 11.2 Å². The molecule has 2 aromatic heterocycles. The maximum Gasteiger partial charge on any atom is 0.308 e. The number of nitrogens with zero attached hydrogens (tertiary/aromatic N) is 1. The molecule has 0 atom stereocenters. The Morgan fingerprint density at radius 3 is 2.89 bits per heavy atom. The summed E-state index contributed by atoms with van der Waals surface area (Å²) < 4.78 is 11.5. The monoisotopic (exact) mass is 317 g/mol. The van der Waals surface area contributed by atoms with Crippen LogP contribution >= 0.6 is 34.3 Å². The smallest absolute Gasteiger partial charge is 0.308 e. The number of aromatic nitrogens is 1. The van der Waals surface area contributed by atoms with E-state index >= 15 is 0 Å². The van der Waals surface area contributed by atoms with Gasteiger partial charge in [0.1, 0.15) is 22.4 Å². The summed E-state index contributed by atoms with van der Waals surface area (Å²) in [6, 6.07) is 0. The highest BCUT2D eigenvalue weighted by atomic mass is 35.5. The minimum Gasteiger partial charge on any atom is -0.484 e. The van der Waals surface area contributed by atoms with E-state index in [9.17, 15) is 4.79 Å². The summed E-state index contributed by atoms with van der Waals surface area (Å²) in [6.07, 6.45) is -0.0643. The zero-order valence-electron chi connectivity index (χ0n) is 9.51. The van der Waals surface area contributed by atoms with Crippen molar-refractivity contribution in [1.82, 2.24) is 4.98 Å². The summed E-state index contributed by atoms with van der Waals surface area (Å²) in [6.45, 7) is 0.910. The SMILES string of the molecule is O=C(O)Cc1scnc1-c1sc(Cl)c2c1OCCO2. The Labute approximate surface area is 121 Å². The standard InChI is InChI=1S/C11H8ClNO4S2/c12-11-9-8(16-1-2-17-9)10(19-11)7-5(3-6(14)15)18-4-13-7/h4H,1-3H2,(H,14,15). The Morgan fingerprint density at radius 1 is 1.42 bits per heavy atom. The predicted octanol–water partition coefficient (Wildman–Crippen LogP) is 2.92. The highest BCUT2D eigenvalue weighted by molar-refractivity contribution is 7.20. The first-order valence-corrected chi connectivity index (χ1v) is 7.46. The van der Waals surface area contributed by atoms with Gasteiger partial charge in [0.05, 0.1) is 17.6 Å². The number of thiazole rings is 1. The summed E-state index contributed by atoms with van der Waals surface area (Å²) in [5.41, 5.74) is 2.24. The number of carbonyl (C=O) groups is 1. The van der Waals surface area contributed by atoms with Crippen molar-refractivity contribution in [1.29, 1.82) is 0 Å². The highest BCUT2D eigenvalue weighted by Crippen LogP contribution is 2.52. The van der Waals surface area contributed by atoms with Gasteiger partial charge in [-0.25, -0.2) is 4.98 Å². The van der Waals surface area contributed by atoms with Crippen LogP contribution in [0.1, 0.15) is 4.88 Å². The fourth-order valence-electron chi connectivity index (χ4n) is 1.79. The van der Waals surface area contributed by atoms with E-state index in [-0.39, 0.29) is 6.42 Å². The molecule has 0 bridgehead atoms. The van der Waals surface area contributed by atoms with Crippen LogP contribution in [0.15, 0.2) is 5.51 Å². The van der Waals surface area contributed by atoms with Gasteiger partial charge < -0.3 is 14.6 Å². The largest absolute Gasteiger partial charge is 0.484 e. The maximum atomic E-state index is 10.8. The van der Waals surface area contributed by atoms with E-state index in [1.807, 2.05) is 0 Å². The Bertz CT molecular complexity index is 637. The summed E-state index contributed by atoms with van der Waals surface area (Å²) in [5.74, 6) is 0.208. The molecule has 19 heavy (non-hydrogen) atoms. The lowest BCUT2D eigenvalue weighted by Crippen LogP contribution is -2.14. The molecule has 0 unspecified atom stereocenters. The zero-order chi connectivity index (χ0) is 13.4. The number of carboxylic acids is 1. The molecule has 5 nitrogen and oxygen atoms in total. The Balaban J connectivity index is 2.07. The number of ether oxygens (including phenoxy) is 2. The number of hydrogen-bond donors (Lipinski definition) is 1. The lowest BCUT2D eigenvalue weighted by molar-refractivity contribution is -0.136. The van der Waals surface area contributed by atoms with E-state index in [1.54, 1.807) is 5.51 Å². The minimum absolute atomic E-state index is 0.0643. The van der Waals surface area contributed by atoms with E-state index in [1.165, 1.54) is 22.7 Å². The molecular formula is C11H8ClNO4S2. The van der Waals surface area contributed by atoms with Crippen molar-refractivity contribution in [2.45, 2.75) is 6.42 Å². The van der Waals surface area contributed by atoms with Crippen molar-refractivity contribution in [3.63, 3.8) is 0 Å². The second-order valence-corrected chi connectivity index (χ2v) is 6.32. The van der Waals surface area contributed by atoms with Gasteiger partial charge >= 0.3 is 5.97 Å². The maximum absolute atomic E-state index is 10.8. The second kappa shape index (κ2) is 4.99. The first kappa shape index (κ1) is 12.7. The minimum atomic E-state index is -0.890. The number of hydrogen-bond acceptors (Lipinski definition) is 6. The first-order chi connectivity index (χ1) is 9.16. The molecule has 2 aromatic rings. The predicted molar refractivity (Wildman–Crippen MR) is 72.8 cm³/mol. The van der Waals surface area contributed by atoms with Gasteiger partial charge in [0.15, 0.2) is 11.5 Å². The van der Waals surface area contributed by atoms with Crippen LogP contribution in [0, 0.1) is 0 Å². The van der Waals surface area contributed by atoms with Crippen molar-refractivity contribution < 1.29 is 19.4 Å². The number of halogens is 1. The third-order valence-electron chi connectivity index (χ3n) is 2.53. The van der Waals surface area contributed by atoms with Gasteiger partial charge in [0.2, 0.25) is 0 Å². The topological polar surface area (TPSA) is 68.7 Å². The average Bonchev–Trinajstić information content (AvgIpc) is 2.94. The number of carboxylic acid groups (broad SMARTS) is 1. The number of thiophene rings is 1. The molecule has 8 heteroatoms. The number of aliphatic carboxylic acids is 1. The molecule has 3 heterocycles. The lowest BCUT2D eigenvalue weighted by Gasteiger charge is -2.16. The highest BCUT2D eigenvalue weighted by Gasteiger charge is 2.27. The van der Waals surface area contributed by atoms with Crippen LogP contribution in [0.5, 0.6) is 11.5 Å². The van der Waals surface area contributed by atoms with E-state index < -0.39 is 5.97 Å². The Kier molecular flexibility index (Phi) is 3.34. The molecule has 0 radical (unpaired) electrons. The van der Waals surface area contributed by atoms with Crippen molar-refractivity contribution >= 4 is 40.2 Å². The summed E-state index contributed by atoms with van der Waals surface area (Å²) in [4.78, 5) is 16.5. The molecule has 0 saturated carbocycles. The number of rotatable bonds is 3. The molecule has 0 amide bonds. The molecule has 1 aliphatic rings. The normalized spacial score (nSPS) is 13.5. The van der Waals surface area contributed by atoms with E-state index in [2.05, 4.69) is 4.98 Å². The Morgan fingerprint density at radius 2 is 2.16 bits per heavy atom. The molecule has 0 aliphatic carbocycles. The third kappa shape index (κ3) is 2.29. The molecule has 0 spiro atoms. The molecular weight excluding hydrogens is 310 g/mol. The fourth-order valence-corrected chi connectivity index (χ4v) is 3.93. The van der Waals surface area contributed by atoms with Crippen molar-refractivity contribution in [2.75, 3.05) is 13.2 Å². The van der Waals surface area contributed by atoms with E-state index in [0.29, 0.717) is 39.6 Å². The van der Waals surface area contributed by atoms with Crippen LogP contribution in [0.3, 0.4) is 0 Å². The van der Waals surface area contributed by atoms with Crippen LogP contribution in [-0.4, -0.2) is 29.3 Å². The fraction of sp³-hybridized carbons (Fsp3) is 0.273. The summed E-state index contributed by atoms with van der Waals surface area (Å²) in [5, 5.41) is 8.90. The second-order valence-electron chi connectivity index (χ2n) is 3.75. The molecule has 1 aliphatic heterocycles. The van der Waals surface area contributed by atoms with Crippen molar-refractivity contribution in [2.24, 2.45) is 0 Å². The van der Waals surface area contributed by atoms with Crippen molar-refractivity contribution in [3.05, 3.63) is 14.7 Å².